The number of fused-ring (bicyclic) bond motifs is 1. The molecule has 27 heavy (non-hydrogen) atoms. The highest BCUT2D eigenvalue weighted by Crippen LogP contribution is 2.29. The summed E-state index contributed by atoms with van der Waals surface area (Å²) in [5, 5.41) is 2.63. The number of hydrogen-bond donors (Lipinski definition) is 1. The van der Waals surface area contributed by atoms with E-state index in [4.69, 9.17) is 0 Å². The number of pyridine rings is 1. The van der Waals surface area contributed by atoms with Gasteiger partial charge in [-0.15, -0.1) is 0 Å². The van der Waals surface area contributed by atoms with E-state index in [1.54, 1.807) is 18.3 Å². The van der Waals surface area contributed by atoms with Crippen LogP contribution >= 0.6 is 11.8 Å². The number of nitrogens with one attached hydrogen (secondary N) is 1. The maximum Gasteiger partial charge on any atom is 0.416 e. The van der Waals surface area contributed by atoms with Crippen LogP contribution in [-0.2, 0) is 11.0 Å². The van der Waals surface area contributed by atoms with Gasteiger partial charge in [0.15, 0.2) is 5.16 Å². The number of anilines is 1. The number of amides is 1. The Bertz CT molecular complexity index is 1050. The molecule has 0 saturated heterocycles. The highest BCUT2D eigenvalue weighted by molar-refractivity contribution is 7.99. The number of thioether (sulfide) groups is 1. The fourth-order valence-corrected chi connectivity index (χ4v) is 2.86. The Hall–Kier alpha value is -2.88. The van der Waals surface area contributed by atoms with E-state index < -0.39 is 23.3 Å². The van der Waals surface area contributed by atoms with Gasteiger partial charge in [-0.1, -0.05) is 11.8 Å². The van der Waals surface area contributed by atoms with Crippen molar-refractivity contribution < 1.29 is 18.0 Å². The van der Waals surface area contributed by atoms with Gasteiger partial charge in [-0.2, -0.15) is 18.2 Å². The molecule has 0 saturated carbocycles. The fraction of sp³-hybridized carbons (Fsp3) is 0.176. The smallest absolute Gasteiger partial charge is 0.325 e. The maximum atomic E-state index is 12.5. The summed E-state index contributed by atoms with van der Waals surface area (Å²) in [6.07, 6.45) is -2.86. The highest BCUT2D eigenvalue weighted by atomic mass is 32.2. The Kier molecular flexibility index (Phi) is 5.17. The van der Waals surface area contributed by atoms with Gasteiger partial charge in [0.2, 0.25) is 5.91 Å². The van der Waals surface area contributed by atoms with E-state index in [1.165, 1.54) is 16.5 Å². The monoisotopic (exact) mass is 394 g/mol. The van der Waals surface area contributed by atoms with Gasteiger partial charge >= 0.3 is 11.9 Å². The molecule has 0 spiro atoms. The third kappa shape index (κ3) is 4.64. The molecule has 3 aromatic rings. The lowest BCUT2D eigenvalue weighted by molar-refractivity contribution is -0.137. The van der Waals surface area contributed by atoms with E-state index in [0.29, 0.717) is 5.65 Å². The Labute approximate surface area is 155 Å². The van der Waals surface area contributed by atoms with Gasteiger partial charge in [-0.05, 0) is 48.9 Å². The van der Waals surface area contributed by atoms with Crippen molar-refractivity contribution in [3.8, 4) is 0 Å². The molecule has 0 atom stereocenters. The molecule has 0 fully saturated rings. The van der Waals surface area contributed by atoms with Crippen molar-refractivity contribution in [3.05, 3.63) is 64.2 Å². The minimum atomic E-state index is -4.43. The van der Waals surface area contributed by atoms with Gasteiger partial charge in [-0.3, -0.25) is 9.20 Å². The zero-order valence-corrected chi connectivity index (χ0v) is 14.8. The summed E-state index contributed by atoms with van der Waals surface area (Å²) < 4.78 is 38.9. The predicted octanol–water partition coefficient (Wildman–Crippen LogP) is 3.15. The number of aryl methyl sites for hydroxylation is 1. The normalized spacial score (nSPS) is 11.6. The fourth-order valence-electron chi connectivity index (χ4n) is 2.23. The van der Waals surface area contributed by atoms with Crippen LogP contribution in [0.1, 0.15) is 11.1 Å². The van der Waals surface area contributed by atoms with E-state index in [-0.39, 0.29) is 16.6 Å². The number of carbonyl (C=O) groups excluding carboxylic acids is 1. The van der Waals surface area contributed by atoms with Crippen molar-refractivity contribution in [2.75, 3.05) is 11.1 Å². The summed E-state index contributed by atoms with van der Waals surface area (Å²) in [5.41, 5.74) is 0.273. The van der Waals surface area contributed by atoms with Crippen LogP contribution in [0.5, 0.6) is 0 Å². The number of aromatic nitrogens is 3. The van der Waals surface area contributed by atoms with Crippen LogP contribution in [0.3, 0.4) is 0 Å². The molecule has 10 heteroatoms. The average Bonchev–Trinajstić information content (AvgIpc) is 2.59. The molecular formula is C17H13F3N4O2S. The first-order chi connectivity index (χ1) is 12.7. The molecule has 0 radical (unpaired) electrons. The second-order valence-corrected chi connectivity index (χ2v) is 6.58. The summed E-state index contributed by atoms with van der Waals surface area (Å²) in [4.78, 5) is 32.0. The van der Waals surface area contributed by atoms with Gasteiger partial charge < -0.3 is 5.32 Å². The molecule has 3 rings (SSSR count). The summed E-state index contributed by atoms with van der Waals surface area (Å²) in [5.74, 6) is -0.546. The number of rotatable bonds is 4. The van der Waals surface area contributed by atoms with Crippen LogP contribution in [0.2, 0.25) is 0 Å². The molecule has 1 aromatic carbocycles. The lowest BCUT2D eigenvalue weighted by Gasteiger charge is -2.08. The van der Waals surface area contributed by atoms with Crippen molar-refractivity contribution in [2.45, 2.75) is 18.3 Å². The Morgan fingerprint density at radius 2 is 1.89 bits per heavy atom. The molecule has 0 aliphatic heterocycles. The molecule has 0 unspecified atom stereocenters. The molecule has 0 aliphatic carbocycles. The van der Waals surface area contributed by atoms with Crippen LogP contribution in [0, 0.1) is 6.92 Å². The first kappa shape index (κ1) is 18.9. The Morgan fingerprint density at radius 1 is 1.19 bits per heavy atom. The lowest BCUT2D eigenvalue weighted by atomic mass is 10.2. The molecule has 2 aromatic heterocycles. The summed E-state index contributed by atoms with van der Waals surface area (Å²) in [6.45, 7) is 1.86. The zero-order valence-electron chi connectivity index (χ0n) is 13.9. The van der Waals surface area contributed by atoms with Crippen LogP contribution in [-0.4, -0.2) is 26.0 Å². The molecule has 140 valence electrons. The first-order valence-electron chi connectivity index (χ1n) is 7.69. The van der Waals surface area contributed by atoms with Crippen molar-refractivity contribution in [1.82, 2.24) is 14.4 Å². The lowest BCUT2D eigenvalue weighted by Crippen LogP contribution is -2.20. The minimum absolute atomic E-state index is 0.0948. The summed E-state index contributed by atoms with van der Waals surface area (Å²) in [7, 11) is 0. The highest BCUT2D eigenvalue weighted by Gasteiger charge is 2.29. The van der Waals surface area contributed by atoms with E-state index in [0.717, 1.165) is 29.5 Å². The van der Waals surface area contributed by atoms with E-state index in [9.17, 15) is 22.8 Å². The third-order valence-corrected chi connectivity index (χ3v) is 4.37. The predicted molar refractivity (Wildman–Crippen MR) is 94.8 cm³/mol. The number of hydrogen-bond acceptors (Lipinski definition) is 5. The molecule has 1 amide bonds. The standard InChI is InChI=1S/C17H13F3N4O2S/c1-10-6-7-24-13(8-10)22-15(23-16(24)26)27-9-14(25)21-12-4-2-11(3-5-12)17(18,19)20/h2-8H,9H2,1H3,(H,21,25). The second kappa shape index (κ2) is 7.39. The number of carbonyl (C=O) groups is 1. The Balaban J connectivity index is 1.65. The van der Waals surface area contributed by atoms with Gasteiger partial charge in [0.25, 0.3) is 0 Å². The van der Waals surface area contributed by atoms with E-state index >= 15 is 0 Å². The molecule has 1 N–H and O–H groups in total. The van der Waals surface area contributed by atoms with Crippen molar-refractivity contribution in [3.63, 3.8) is 0 Å². The molecule has 6 nitrogen and oxygen atoms in total. The number of nitrogens with zero attached hydrogens (tertiary/aromatic N) is 3. The third-order valence-electron chi connectivity index (χ3n) is 3.53. The first-order valence-corrected chi connectivity index (χ1v) is 8.68. The molecular weight excluding hydrogens is 381 g/mol. The number of alkyl halides is 3. The van der Waals surface area contributed by atoms with Gasteiger partial charge in [-0.25, -0.2) is 9.78 Å². The summed E-state index contributed by atoms with van der Waals surface area (Å²) in [6, 6.07) is 7.59. The molecule has 0 aliphatic rings. The van der Waals surface area contributed by atoms with Crippen LogP contribution in [0.15, 0.2) is 52.5 Å². The number of benzene rings is 1. The summed E-state index contributed by atoms with van der Waals surface area (Å²) >= 11 is 0.962. The van der Waals surface area contributed by atoms with E-state index in [1.807, 2.05) is 6.92 Å². The number of halogens is 3. The van der Waals surface area contributed by atoms with Crippen molar-refractivity contribution in [2.24, 2.45) is 0 Å². The molecule has 2 heterocycles. The largest absolute Gasteiger partial charge is 0.416 e. The van der Waals surface area contributed by atoms with Crippen molar-refractivity contribution in [1.29, 1.82) is 0 Å². The van der Waals surface area contributed by atoms with Crippen molar-refractivity contribution >= 4 is 29.0 Å². The second-order valence-electron chi connectivity index (χ2n) is 5.63. The maximum absolute atomic E-state index is 12.5. The van der Waals surface area contributed by atoms with Gasteiger partial charge in [0, 0.05) is 11.9 Å². The van der Waals surface area contributed by atoms with Gasteiger partial charge in [0.05, 0.1) is 11.3 Å². The van der Waals surface area contributed by atoms with Crippen LogP contribution < -0.4 is 11.0 Å². The minimum Gasteiger partial charge on any atom is -0.325 e. The van der Waals surface area contributed by atoms with Crippen LogP contribution in [0.25, 0.3) is 5.65 Å². The quantitative estimate of drug-likeness (QED) is 0.688. The SMILES string of the molecule is Cc1ccn2c(=O)nc(SCC(=O)Nc3ccc(C(F)(F)F)cc3)nc2c1. The Morgan fingerprint density at radius 3 is 2.56 bits per heavy atom. The molecule has 0 bridgehead atoms. The zero-order chi connectivity index (χ0) is 19.6. The van der Waals surface area contributed by atoms with Gasteiger partial charge in [0.1, 0.15) is 5.65 Å². The van der Waals surface area contributed by atoms with E-state index in [2.05, 4.69) is 15.3 Å². The van der Waals surface area contributed by atoms with Crippen LogP contribution in [0.4, 0.5) is 18.9 Å². The topological polar surface area (TPSA) is 76.4 Å². The average molecular weight is 394 g/mol.